The second-order valence-corrected chi connectivity index (χ2v) is 6.54. The van der Waals surface area contributed by atoms with Gasteiger partial charge in [0.05, 0.1) is 22.1 Å². The van der Waals surface area contributed by atoms with Gasteiger partial charge < -0.3 is 10.2 Å². The molecule has 0 atom stereocenters. The van der Waals surface area contributed by atoms with Crippen molar-refractivity contribution in [3.8, 4) is 6.07 Å². The minimum absolute atomic E-state index is 0.00789. The number of anilines is 1. The maximum absolute atomic E-state index is 12.8. The Morgan fingerprint density at radius 2 is 1.94 bits per heavy atom. The van der Waals surface area contributed by atoms with E-state index in [9.17, 15) is 28.1 Å². The zero-order valence-corrected chi connectivity index (χ0v) is 16.4. The molecule has 0 saturated heterocycles. The third-order valence-electron chi connectivity index (χ3n) is 4.33. The molecule has 0 saturated carbocycles. The molecule has 0 heterocycles. The average Bonchev–Trinajstić information content (AvgIpc) is 2.73. The zero-order chi connectivity index (χ0) is 23.0. The summed E-state index contributed by atoms with van der Waals surface area (Å²) in [6, 6.07) is 10.9. The van der Waals surface area contributed by atoms with Crippen LogP contribution in [0.3, 0.4) is 0 Å². The first-order valence-corrected chi connectivity index (χ1v) is 9.13. The second kappa shape index (κ2) is 10.2. The lowest BCUT2D eigenvalue weighted by atomic mass is 10.1. The minimum atomic E-state index is -4.70. The van der Waals surface area contributed by atoms with Gasteiger partial charge >= 0.3 is 6.18 Å². The molecule has 0 aliphatic rings. The Labute approximate surface area is 176 Å². The maximum Gasteiger partial charge on any atom is 0.416 e. The number of amides is 1. The monoisotopic (exact) mass is 432 g/mol. The lowest BCUT2D eigenvalue weighted by molar-refractivity contribution is -0.384. The number of alkyl halides is 3. The molecule has 0 radical (unpaired) electrons. The molecule has 2 rings (SSSR count). The summed E-state index contributed by atoms with van der Waals surface area (Å²) in [5.74, 6) is -0.272. The molecule has 2 aromatic rings. The summed E-state index contributed by atoms with van der Waals surface area (Å²) in [6.45, 7) is 4.15. The highest BCUT2D eigenvalue weighted by molar-refractivity contribution is 5.77. The summed E-state index contributed by atoms with van der Waals surface area (Å²) in [6.07, 6.45) is -3.19. The van der Waals surface area contributed by atoms with Crippen LogP contribution in [-0.2, 0) is 17.5 Å². The van der Waals surface area contributed by atoms with Crippen LogP contribution in [0.4, 0.5) is 24.5 Å². The molecule has 0 fully saturated rings. The highest BCUT2D eigenvalue weighted by atomic mass is 19.4. The van der Waals surface area contributed by atoms with E-state index in [2.05, 4.69) is 11.9 Å². The maximum atomic E-state index is 12.8. The summed E-state index contributed by atoms with van der Waals surface area (Å²) in [7, 11) is 0. The van der Waals surface area contributed by atoms with Crippen LogP contribution in [0.1, 0.15) is 23.1 Å². The predicted molar refractivity (Wildman–Crippen MR) is 108 cm³/mol. The van der Waals surface area contributed by atoms with E-state index < -0.39 is 22.4 Å². The molecule has 0 spiro atoms. The van der Waals surface area contributed by atoms with Gasteiger partial charge in [-0.15, -0.1) is 6.58 Å². The van der Waals surface area contributed by atoms with E-state index in [0.29, 0.717) is 11.6 Å². The number of hydrogen-bond acceptors (Lipinski definition) is 5. The highest BCUT2D eigenvalue weighted by Gasteiger charge is 2.33. The van der Waals surface area contributed by atoms with Gasteiger partial charge in [-0.3, -0.25) is 14.9 Å². The molecule has 162 valence electrons. The van der Waals surface area contributed by atoms with Crippen LogP contribution in [0.5, 0.6) is 0 Å². The first kappa shape index (κ1) is 23.4. The van der Waals surface area contributed by atoms with Crippen molar-refractivity contribution in [2.45, 2.75) is 19.1 Å². The summed E-state index contributed by atoms with van der Waals surface area (Å²) in [4.78, 5) is 24.3. The van der Waals surface area contributed by atoms with Gasteiger partial charge in [0.25, 0.3) is 5.69 Å². The van der Waals surface area contributed by atoms with Crippen molar-refractivity contribution in [2.24, 2.45) is 0 Å². The van der Waals surface area contributed by atoms with Crippen LogP contribution in [0.2, 0.25) is 0 Å². The van der Waals surface area contributed by atoms with E-state index in [-0.39, 0.29) is 37.6 Å². The molecule has 2 aromatic carbocycles. The van der Waals surface area contributed by atoms with Crippen molar-refractivity contribution < 1.29 is 22.9 Å². The van der Waals surface area contributed by atoms with Crippen molar-refractivity contribution in [3.05, 3.63) is 81.9 Å². The first-order valence-electron chi connectivity index (χ1n) is 9.13. The van der Waals surface area contributed by atoms with Crippen molar-refractivity contribution in [1.29, 1.82) is 5.26 Å². The molecule has 10 heteroatoms. The average molecular weight is 432 g/mol. The van der Waals surface area contributed by atoms with Crippen LogP contribution in [0.15, 0.2) is 55.1 Å². The smallest absolute Gasteiger partial charge is 0.379 e. The number of nitro groups is 1. The SMILES string of the molecule is C=CCN(Cc1ccc(C#N)cc1)C(=O)CCNc1ccc(C(F)(F)F)cc1[N+](=O)[O-]. The number of carbonyl (C=O) groups excluding carboxylic acids is 1. The van der Waals surface area contributed by atoms with Crippen molar-refractivity contribution >= 4 is 17.3 Å². The first-order chi connectivity index (χ1) is 14.7. The number of benzene rings is 2. The highest BCUT2D eigenvalue weighted by Crippen LogP contribution is 2.34. The molecule has 0 aliphatic carbocycles. The van der Waals surface area contributed by atoms with Gasteiger partial charge in [-0.25, -0.2) is 0 Å². The fourth-order valence-corrected chi connectivity index (χ4v) is 2.79. The number of nitriles is 1. The van der Waals surface area contributed by atoms with Crippen molar-refractivity contribution in [3.63, 3.8) is 0 Å². The standard InChI is InChI=1S/C21H19F3N4O3/c1-2-11-27(14-16-5-3-15(13-25)4-6-16)20(29)9-10-26-18-8-7-17(21(22,23)24)12-19(18)28(30)31/h2-8,12,26H,1,9-11,14H2. The van der Waals surface area contributed by atoms with Gasteiger partial charge in [0, 0.05) is 32.1 Å². The zero-order valence-electron chi connectivity index (χ0n) is 16.4. The van der Waals surface area contributed by atoms with E-state index in [1.54, 1.807) is 30.3 Å². The minimum Gasteiger partial charge on any atom is -0.379 e. The summed E-state index contributed by atoms with van der Waals surface area (Å²) < 4.78 is 38.4. The number of nitrogens with zero attached hydrogens (tertiary/aromatic N) is 3. The Kier molecular flexibility index (Phi) is 7.74. The van der Waals surface area contributed by atoms with Gasteiger partial charge in [0.2, 0.25) is 5.91 Å². The molecular weight excluding hydrogens is 413 g/mol. The van der Waals surface area contributed by atoms with Crippen molar-refractivity contribution in [1.82, 2.24) is 4.90 Å². The molecule has 0 aromatic heterocycles. The quantitative estimate of drug-likeness (QED) is 0.357. The second-order valence-electron chi connectivity index (χ2n) is 6.54. The van der Waals surface area contributed by atoms with Gasteiger partial charge in [-0.05, 0) is 29.8 Å². The van der Waals surface area contributed by atoms with Crippen molar-refractivity contribution in [2.75, 3.05) is 18.4 Å². The summed E-state index contributed by atoms with van der Waals surface area (Å²) >= 11 is 0. The van der Waals surface area contributed by atoms with Gasteiger partial charge in [0.1, 0.15) is 5.69 Å². The summed E-state index contributed by atoms with van der Waals surface area (Å²) in [5.41, 5.74) is -0.649. The summed E-state index contributed by atoms with van der Waals surface area (Å²) in [5, 5.41) is 22.6. The van der Waals surface area contributed by atoms with Crippen LogP contribution in [0, 0.1) is 21.4 Å². The van der Waals surface area contributed by atoms with Crippen LogP contribution in [0.25, 0.3) is 0 Å². The third-order valence-corrected chi connectivity index (χ3v) is 4.33. The molecule has 7 nitrogen and oxygen atoms in total. The van der Waals surface area contributed by atoms with Gasteiger partial charge in [-0.1, -0.05) is 18.2 Å². The Balaban J connectivity index is 2.03. The van der Waals surface area contributed by atoms with Crippen LogP contribution >= 0.6 is 0 Å². The molecular formula is C21H19F3N4O3. The van der Waals surface area contributed by atoms with E-state index in [0.717, 1.165) is 17.7 Å². The lowest BCUT2D eigenvalue weighted by Crippen LogP contribution is -2.32. The third kappa shape index (κ3) is 6.57. The van der Waals surface area contributed by atoms with Gasteiger partial charge in [-0.2, -0.15) is 18.4 Å². The Hall–Kier alpha value is -3.87. The molecule has 1 N–H and O–H groups in total. The molecule has 1 amide bonds. The number of nitrogens with one attached hydrogen (secondary N) is 1. The predicted octanol–water partition coefficient (Wildman–Crippen LogP) is 4.50. The number of rotatable bonds is 9. The molecule has 0 aliphatic heterocycles. The van der Waals surface area contributed by atoms with E-state index >= 15 is 0 Å². The topological polar surface area (TPSA) is 99.3 Å². The molecule has 31 heavy (non-hydrogen) atoms. The molecule has 0 bridgehead atoms. The number of nitro benzene ring substituents is 1. The Morgan fingerprint density at radius 3 is 2.48 bits per heavy atom. The van der Waals surface area contributed by atoms with E-state index in [1.165, 1.54) is 4.90 Å². The van der Waals surface area contributed by atoms with Gasteiger partial charge in [0.15, 0.2) is 0 Å². The van der Waals surface area contributed by atoms with E-state index in [1.807, 2.05) is 6.07 Å². The number of hydrogen-bond donors (Lipinski definition) is 1. The van der Waals surface area contributed by atoms with Crippen LogP contribution < -0.4 is 5.32 Å². The number of carbonyl (C=O) groups is 1. The van der Waals surface area contributed by atoms with E-state index in [4.69, 9.17) is 5.26 Å². The fourth-order valence-electron chi connectivity index (χ4n) is 2.79. The Morgan fingerprint density at radius 1 is 1.26 bits per heavy atom. The van der Waals surface area contributed by atoms with Crippen LogP contribution in [-0.4, -0.2) is 28.8 Å². The normalized spacial score (nSPS) is 10.8. The lowest BCUT2D eigenvalue weighted by Gasteiger charge is -2.21. The molecule has 0 unspecified atom stereocenters. The largest absolute Gasteiger partial charge is 0.416 e. The number of halogens is 3. The fraction of sp³-hybridized carbons (Fsp3) is 0.238. The Bertz CT molecular complexity index is 998.